The first-order valence-corrected chi connectivity index (χ1v) is 10.3. The second-order valence-electron chi connectivity index (χ2n) is 7.61. The Morgan fingerprint density at radius 3 is 2.38 bits per heavy atom. The van der Waals surface area contributed by atoms with E-state index in [0.29, 0.717) is 5.69 Å². The number of rotatable bonds is 7. The molecule has 0 fully saturated rings. The summed E-state index contributed by atoms with van der Waals surface area (Å²) in [5.41, 5.74) is 1.33. The molecule has 0 aliphatic rings. The van der Waals surface area contributed by atoms with Crippen molar-refractivity contribution in [2.24, 2.45) is 0 Å². The first-order chi connectivity index (χ1) is 13.4. The van der Waals surface area contributed by atoms with Crippen LogP contribution in [0.4, 0.5) is 5.88 Å². The molecule has 158 valence electrons. The first kappa shape index (κ1) is 22.6. The fraction of sp³-hybridized carbons (Fsp3) is 0.421. The molecule has 0 aliphatic heterocycles. The molecule has 0 aliphatic carbocycles. The van der Waals surface area contributed by atoms with Crippen molar-refractivity contribution in [1.82, 2.24) is 9.46 Å². The number of benzene rings is 1. The average Bonchev–Trinajstić information content (AvgIpc) is 3.09. The molecule has 1 N–H and O–H groups in total. The quantitative estimate of drug-likeness (QED) is 0.677. The fourth-order valence-corrected chi connectivity index (χ4v) is 3.32. The number of anilines is 1. The van der Waals surface area contributed by atoms with Gasteiger partial charge in [0.1, 0.15) is 6.54 Å². The van der Waals surface area contributed by atoms with Gasteiger partial charge in [0.05, 0.1) is 10.6 Å². The second-order valence-corrected chi connectivity index (χ2v) is 9.65. The maximum Gasteiger partial charge on any atom is 0.321 e. The van der Waals surface area contributed by atoms with Crippen LogP contribution in [0.5, 0.6) is 0 Å². The zero-order valence-electron chi connectivity index (χ0n) is 17.1. The lowest BCUT2D eigenvalue weighted by molar-refractivity contribution is -0.147. The van der Waals surface area contributed by atoms with Gasteiger partial charge < -0.3 is 9.26 Å². The number of esters is 1. The lowest BCUT2D eigenvalue weighted by atomic mass is 9.92. The standard InChI is InChI=1S/C19H25N3O6S/c1-13-6-8-14(9-7-13)29(25,26)22(5)11-18(24)27-12-16(23)20-17-10-15(21-28-17)19(2,3)4/h6-10H,11-12H2,1-5H3,(H,20,23). The van der Waals surface area contributed by atoms with E-state index < -0.39 is 35.1 Å². The van der Waals surface area contributed by atoms with Gasteiger partial charge >= 0.3 is 5.97 Å². The number of nitrogens with one attached hydrogen (secondary N) is 1. The highest BCUT2D eigenvalue weighted by Crippen LogP contribution is 2.23. The topological polar surface area (TPSA) is 119 Å². The zero-order valence-corrected chi connectivity index (χ0v) is 17.9. The number of ether oxygens (including phenoxy) is 1. The number of carbonyl (C=O) groups is 2. The minimum absolute atomic E-state index is 0.0658. The molecule has 1 amide bonds. The Hall–Kier alpha value is -2.72. The van der Waals surface area contributed by atoms with Crippen LogP contribution < -0.4 is 5.32 Å². The molecule has 1 heterocycles. The van der Waals surface area contributed by atoms with Crippen molar-refractivity contribution in [2.75, 3.05) is 25.5 Å². The van der Waals surface area contributed by atoms with E-state index in [1.54, 1.807) is 18.2 Å². The average molecular weight is 423 g/mol. The monoisotopic (exact) mass is 423 g/mol. The Morgan fingerprint density at radius 1 is 1.21 bits per heavy atom. The largest absolute Gasteiger partial charge is 0.455 e. The normalized spacial score (nSPS) is 12.1. The van der Waals surface area contributed by atoms with Gasteiger partial charge in [0, 0.05) is 18.5 Å². The predicted octanol–water partition coefficient (Wildman–Crippen LogP) is 2.08. The van der Waals surface area contributed by atoms with Gasteiger partial charge in [-0.3, -0.25) is 14.9 Å². The third-order valence-corrected chi connectivity index (χ3v) is 5.80. The maximum atomic E-state index is 12.5. The van der Waals surface area contributed by atoms with Gasteiger partial charge in [-0.25, -0.2) is 8.42 Å². The number of likely N-dealkylation sites (N-methyl/N-ethyl adjacent to an activating group) is 1. The summed E-state index contributed by atoms with van der Waals surface area (Å²) in [4.78, 5) is 23.9. The van der Waals surface area contributed by atoms with Crippen LogP contribution in [0.3, 0.4) is 0 Å². The van der Waals surface area contributed by atoms with Crippen LogP contribution >= 0.6 is 0 Å². The zero-order chi connectivity index (χ0) is 21.8. The Labute approximate surface area is 170 Å². The van der Waals surface area contributed by atoms with Crippen LogP contribution in [-0.2, 0) is 29.8 Å². The minimum atomic E-state index is -3.84. The van der Waals surface area contributed by atoms with Crippen LogP contribution in [0.2, 0.25) is 0 Å². The van der Waals surface area contributed by atoms with E-state index in [4.69, 9.17) is 9.26 Å². The highest BCUT2D eigenvalue weighted by molar-refractivity contribution is 7.89. The summed E-state index contributed by atoms with van der Waals surface area (Å²) >= 11 is 0. The van der Waals surface area contributed by atoms with E-state index in [1.807, 2.05) is 27.7 Å². The summed E-state index contributed by atoms with van der Waals surface area (Å²) in [6, 6.07) is 7.84. The molecule has 0 unspecified atom stereocenters. The Balaban J connectivity index is 1.86. The third-order valence-electron chi connectivity index (χ3n) is 3.99. The van der Waals surface area contributed by atoms with Crippen molar-refractivity contribution < 1.29 is 27.3 Å². The summed E-state index contributed by atoms with van der Waals surface area (Å²) in [6.45, 7) is 6.56. The SMILES string of the molecule is Cc1ccc(S(=O)(=O)N(C)CC(=O)OCC(=O)Nc2cc(C(C)(C)C)no2)cc1. The molecular weight excluding hydrogens is 398 g/mol. The van der Waals surface area contributed by atoms with Crippen LogP contribution in [0.25, 0.3) is 0 Å². The van der Waals surface area contributed by atoms with E-state index in [0.717, 1.165) is 9.87 Å². The number of sulfonamides is 1. The number of amides is 1. The van der Waals surface area contributed by atoms with E-state index in [1.165, 1.54) is 19.2 Å². The van der Waals surface area contributed by atoms with Gasteiger partial charge in [0.15, 0.2) is 6.61 Å². The molecular formula is C19H25N3O6S. The lowest BCUT2D eigenvalue weighted by Crippen LogP contribution is -2.34. The molecule has 0 saturated carbocycles. The number of hydrogen-bond acceptors (Lipinski definition) is 7. The molecule has 1 aromatic heterocycles. The molecule has 2 rings (SSSR count). The highest BCUT2D eigenvalue weighted by atomic mass is 32.2. The van der Waals surface area contributed by atoms with Crippen LogP contribution in [0.1, 0.15) is 32.0 Å². The van der Waals surface area contributed by atoms with E-state index in [9.17, 15) is 18.0 Å². The Morgan fingerprint density at radius 2 is 1.83 bits per heavy atom. The number of aromatic nitrogens is 1. The van der Waals surface area contributed by atoms with Gasteiger partial charge in [-0.05, 0) is 19.1 Å². The van der Waals surface area contributed by atoms with Crippen LogP contribution in [0, 0.1) is 6.92 Å². The minimum Gasteiger partial charge on any atom is -0.455 e. The Bertz CT molecular complexity index is 974. The van der Waals surface area contributed by atoms with Gasteiger partial charge in [-0.2, -0.15) is 4.31 Å². The summed E-state index contributed by atoms with van der Waals surface area (Å²) in [7, 11) is -2.58. The number of hydrogen-bond donors (Lipinski definition) is 1. The van der Waals surface area contributed by atoms with Gasteiger partial charge in [0.25, 0.3) is 5.91 Å². The smallest absolute Gasteiger partial charge is 0.321 e. The molecule has 10 heteroatoms. The summed E-state index contributed by atoms with van der Waals surface area (Å²) < 4.78 is 35.7. The molecule has 0 bridgehead atoms. The van der Waals surface area contributed by atoms with Gasteiger partial charge in [-0.1, -0.05) is 43.6 Å². The number of nitrogens with zero attached hydrogens (tertiary/aromatic N) is 2. The van der Waals surface area contributed by atoms with E-state index >= 15 is 0 Å². The van der Waals surface area contributed by atoms with Crippen LogP contribution in [0.15, 0.2) is 39.8 Å². The molecule has 9 nitrogen and oxygen atoms in total. The third kappa shape index (κ3) is 6.13. The lowest BCUT2D eigenvalue weighted by Gasteiger charge is -2.16. The number of carbonyl (C=O) groups excluding carboxylic acids is 2. The Kier molecular flexibility index (Phi) is 6.81. The summed E-state index contributed by atoms with van der Waals surface area (Å²) in [6.07, 6.45) is 0. The maximum absolute atomic E-state index is 12.5. The highest BCUT2D eigenvalue weighted by Gasteiger charge is 2.24. The van der Waals surface area contributed by atoms with Crippen molar-refractivity contribution in [3.63, 3.8) is 0 Å². The molecule has 0 saturated heterocycles. The van der Waals surface area contributed by atoms with E-state index in [2.05, 4.69) is 10.5 Å². The molecule has 0 atom stereocenters. The second kappa shape index (κ2) is 8.75. The van der Waals surface area contributed by atoms with Crippen molar-refractivity contribution in [3.8, 4) is 0 Å². The van der Waals surface area contributed by atoms with Crippen molar-refractivity contribution in [1.29, 1.82) is 0 Å². The van der Waals surface area contributed by atoms with Crippen molar-refractivity contribution in [3.05, 3.63) is 41.6 Å². The molecule has 0 spiro atoms. The molecule has 29 heavy (non-hydrogen) atoms. The molecule has 0 radical (unpaired) electrons. The number of aryl methyl sites for hydroxylation is 1. The summed E-state index contributed by atoms with van der Waals surface area (Å²) in [5, 5.41) is 6.29. The fourth-order valence-electron chi connectivity index (χ4n) is 2.21. The summed E-state index contributed by atoms with van der Waals surface area (Å²) in [5.74, 6) is -1.35. The van der Waals surface area contributed by atoms with Crippen molar-refractivity contribution in [2.45, 2.75) is 38.0 Å². The van der Waals surface area contributed by atoms with Gasteiger partial charge in [0.2, 0.25) is 15.9 Å². The predicted molar refractivity (Wildman–Crippen MR) is 106 cm³/mol. The molecule has 2 aromatic rings. The van der Waals surface area contributed by atoms with Crippen LogP contribution in [-0.4, -0.2) is 50.0 Å². The van der Waals surface area contributed by atoms with Crippen molar-refractivity contribution >= 4 is 27.8 Å². The molecule has 1 aromatic carbocycles. The first-order valence-electron chi connectivity index (χ1n) is 8.85. The van der Waals surface area contributed by atoms with Gasteiger partial charge in [-0.15, -0.1) is 0 Å². The van der Waals surface area contributed by atoms with E-state index in [-0.39, 0.29) is 16.2 Å².